The minimum Gasteiger partial charge on any atom is -0.343 e. The summed E-state index contributed by atoms with van der Waals surface area (Å²) in [6.07, 6.45) is 8.72. The molecular formula is C15H30N2O. The van der Waals surface area contributed by atoms with Crippen molar-refractivity contribution in [2.45, 2.75) is 65.2 Å². The third-order valence-corrected chi connectivity index (χ3v) is 4.52. The van der Waals surface area contributed by atoms with Gasteiger partial charge in [0.2, 0.25) is 5.91 Å². The Morgan fingerprint density at radius 3 is 2.33 bits per heavy atom. The fourth-order valence-electron chi connectivity index (χ4n) is 2.58. The van der Waals surface area contributed by atoms with Crippen molar-refractivity contribution in [3.63, 3.8) is 0 Å². The first-order valence-corrected chi connectivity index (χ1v) is 7.59. The number of amides is 1. The van der Waals surface area contributed by atoms with Gasteiger partial charge in [-0.2, -0.15) is 0 Å². The smallest absolute Gasteiger partial charge is 0.222 e. The lowest BCUT2D eigenvalue weighted by atomic mass is 9.78. The van der Waals surface area contributed by atoms with E-state index in [1.54, 1.807) is 0 Å². The molecule has 0 aromatic heterocycles. The molecule has 3 nitrogen and oxygen atoms in total. The molecule has 0 saturated carbocycles. The fourth-order valence-corrected chi connectivity index (χ4v) is 2.58. The normalized spacial score (nSPS) is 18.9. The number of rotatable bonds is 7. The minimum absolute atomic E-state index is 0.362. The van der Waals surface area contributed by atoms with Crippen molar-refractivity contribution in [3.8, 4) is 0 Å². The number of hydrogen-bond acceptors (Lipinski definition) is 2. The molecular weight excluding hydrogens is 224 g/mol. The van der Waals surface area contributed by atoms with Crippen molar-refractivity contribution in [1.29, 1.82) is 0 Å². The highest BCUT2D eigenvalue weighted by atomic mass is 16.2. The molecule has 0 radical (unpaired) electrons. The molecule has 0 unspecified atom stereocenters. The molecule has 1 amide bonds. The van der Waals surface area contributed by atoms with Gasteiger partial charge in [0.25, 0.3) is 0 Å². The van der Waals surface area contributed by atoms with E-state index in [1.165, 1.54) is 19.3 Å². The summed E-state index contributed by atoms with van der Waals surface area (Å²) < 4.78 is 0. The van der Waals surface area contributed by atoms with E-state index in [-0.39, 0.29) is 0 Å². The second kappa shape index (κ2) is 7.78. The van der Waals surface area contributed by atoms with Crippen LogP contribution in [0.5, 0.6) is 0 Å². The van der Waals surface area contributed by atoms with Crippen LogP contribution in [0.15, 0.2) is 0 Å². The number of hydrogen-bond donors (Lipinski definition) is 1. The van der Waals surface area contributed by atoms with E-state index < -0.39 is 0 Å². The Morgan fingerprint density at radius 1 is 1.17 bits per heavy atom. The molecule has 1 aliphatic rings. The summed E-state index contributed by atoms with van der Waals surface area (Å²) in [5.74, 6) is 0.362. The molecule has 0 bridgehead atoms. The maximum Gasteiger partial charge on any atom is 0.222 e. The zero-order valence-corrected chi connectivity index (χ0v) is 12.2. The van der Waals surface area contributed by atoms with E-state index in [0.717, 1.165) is 51.7 Å². The summed E-state index contributed by atoms with van der Waals surface area (Å²) in [6, 6.07) is 0. The van der Waals surface area contributed by atoms with Gasteiger partial charge in [-0.25, -0.2) is 0 Å². The summed E-state index contributed by atoms with van der Waals surface area (Å²) in [4.78, 5) is 14.1. The Morgan fingerprint density at radius 2 is 1.78 bits per heavy atom. The van der Waals surface area contributed by atoms with E-state index in [1.807, 2.05) is 0 Å². The van der Waals surface area contributed by atoms with Gasteiger partial charge in [-0.05, 0) is 37.6 Å². The van der Waals surface area contributed by atoms with Crippen LogP contribution in [0.4, 0.5) is 0 Å². The van der Waals surface area contributed by atoms with Crippen LogP contribution in [-0.4, -0.2) is 30.4 Å². The average molecular weight is 254 g/mol. The number of piperidine rings is 1. The molecule has 0 spiro atoms. The molecule has 106 valence electrons. The largest absolute Gasteiger partial charge is 0.343 e. The van der Waals surface area contributed by atoms with E-state index in [9.17, 15) is 4.79 Å². The molecule has 0 aliphatic carbocycles. The second-order valence-corrected chi connectivity index (χ2v) is 6.00. The van der Waals surface area contributed by atoms with Crippen LogP contribution in [0.25, 0.3) is 0 Å². The Kier molecular flexibility index (Phi) is 6.69. The highest BCUT2D eigenvalue weighted by Crippen LogP contribution is 2.34. The SMILES string of the molecule is CCC1(C)CCN(C(=O)CCCCCCN)CC1. The predicted octanol–water partition coefficient (Wildman–Crippen LogP) is 2.93. The van der Waals surface area contributed by atoms with Crippen molar-refractivity contribution >= 4 is 5.91 Å². The maximum absolute atomic E-state index is 12.0. The molecule has 1 fully saturated rings. The van der Waals surface area contributed by atoms with Crippen LogP contribution in [0.2, 0.25) is 0 Å². The van der Waals surface area contributed by atoms with Gasteiger partial charge in [-0.15, -0.1) is 0 Å². The zero-order chi connectivity index (χ0) is 13.4. The van der Waals surface area contributed by atoms with Gasteiger partial charge < -0.3 is 10.6 Å². The lowest BCUT2D eigenvalue weighted by molar-refractivity contribution is -0.133. The quantitative estimate of drug-likeness (QED) is 0.710. The van der Waals surface area contributed by atoms with Gasteiger partial charge in [-0.3, -0.25) is 4.79 Å². The summed E-state index contributed by atoms with van der Waals surface area (Å²) in [5, 5.41) is 0. The number of carbonyl (C=O) groups excluding carboxylic acids is 1. The van der Waals surface area contributed by atoms with Gasteiger partial charge in [0.1, 0.15) is 0 Å². The standard InChI is InChI=1S/C15H30N2O/c1-3-15(2)9-12-17(13-10-15)14(18)8-6-4-5-7-11-16/h3-13,16H2,1-2H3. The maximum atomic E-state index is 12.0. The van der Waals surface area contributed by atoms with Gasteiger partial charge in [-0.1, -0.05) is 33.1 Å². The molecule has 18 heavy (non-hydrogen) atoms. The third kappa shape index (κ3) is 4.97. The molecule has 1 saturated heterocycles. The number of carbonyl (C=O) groups is 1. The van der Waals surface area contributed by atoms with Crippen LogP contribution in [0.3, 0.4) is 0 Å². The highest BCUT2D eigenvalue weighted by molar-refractivity contribution is 5.76. The summed E-state index contributed by atoms with van der Waals surface area (Å²) in [7, 11) is 0. The molecule has 0 aromatic rings. The average Bonchev–Trinajstić information content (AvgIpc) is 2.39. The van der Waals surface area contributed by atoms with E-state index >= 15 is 0 Å². The molecule has 2 N–H and O–H groups in total. The van der Waals surface area contributed by atoms with Gasteiger partial charge in [0, 0.05) is 19.5 Å². The Bertz CT molecular complexity index is 245. The summed E-state index contributed by atoms with van der Waals surface area (Å²) >= 11 is 0. The third-order valence-electron chi connectivity index (χ3n) is 4.52. The fraction of sp³-hybridized carbons (Fsp3) is 0.933. The molecule has 0 aromatic carbocycles. The van der Waals surface area contributed by atoms with Crippen molar-refractivity contribution in [3.05, 3.63) is 0 Å². The minimum atomic E-state index is 0.362. The first-order chi connectivity index (χ1) is 8.61. The summed E-state index contributed by atoms with van der Waals surface area (Å²) in [5.41, 5.74) is 5.92. The first kappa shape index (κ1) is 15.5. The number of nitrogens with zero attached hydrogens (tertiary/aromatic N) is 1. The molecule has 0 atom stereocenters. The van der Waals surface area contributed by atoms with E-state index in [0.29, 0.717) is 11.3 Å². The number of unbranched alkanes of at least 4 members (excludes halogenated alkanes) is 3. The first-order valence-electron chi connectivity index (χ1n) is 7.59. The molecule has 1 heterocycles. The molecule has 1 aliphatic heterocycles. The van der Waals surface area contributed by atoms with Gasteiger partial charge >= 0.3 is 0 Å². The lowest BCUT2D eigenvalue weighted by Crippen LogP contribution is -2.41. The monoisotopic (exact) mass is 254 g/mol. The molecule has 1 rings (SSSR count). The van der Waals surface area contributed by atoms with Crippen LogP contribution < -0.4 is 5.73 Å². The van der Waals surface area contributed by atoms with Crippen molar-refractivity contribution in [1.82, 2.24) is 4.90 Å². The Hall–Kier alpha value is -0.570. The molecule has 3 heteroatoms. The Labute approximate surface area is 112 Å². The topological polar surface area (TPSA) is 46.3 Å². The predicted molar refractivity (Wildman–Crippen MR) is 76.4 cm³/mol. The number of nitrogens with two attached hydrogens (primary N) is 1. The van der Waals surface area contributed by atoms with Crippen molar-refractivity contribution < 1.29 is 4.79 Å². The van der Waals surface area contributed by atoms with E-state index in [4.69, 9.17) is 5.73 Å². The van der Waals surface area contributed by atoms with E-state index in [2.05, 4.69) is 18.7 Å². The Balaban J connectivity index is 2.16. The van der Waals surface area contributed by atoms with Crippen LogP contribution >= 0.6 is 0 Å². The van der Waals surface area contributed by atoms with Crippen molar-refractivity contribution in [2.75, 3.05) is 19.6 Å². The lowest BCUT2D eigenvalue weighted by Gasteiger charge is -2.39. The van der Waals surface area contributed by atoms with Crippen LogP contribution in [0.1, 0.15) is 65.2 Å². The van der Waals surface area contributed by atoms with Crippen LogP contribution in [0, 0.1) is 5.41 Å². The zero-order valence-electron chi connectivity index (χ0n) is 12.2. The summed E-state index contributed by atoms with van der Waals surface area (Å²) in [6.45, 7) is 7.31. The highest BCUT2D eigenvalue weighted by Gasteiger charge is 2.29. The van der Waals surface area contributed by atoms with Gasteiger partial charge in [0.15, 0.2) is 0 Å². The van der Waals surface area contributed by atoms with Crippen LogP contribution in [-0.2, 0) is 4.79 Å². The van der Waals surface area contributed by atoms with Gasteiger partial charge in [0.05, 0.1) is 0 Å². The second-order valence-electron chi connectivity index (χ2n) is 6.00. The number of likely N-dealkylation sites (tertiary alicyclic amines) is 1. The van der Waals surface area contributed by atoms with Crippen molar-refractivity contribution in [2.24, 2.45) is 11.1 Å².